The third kappa shape index (κ3) is 2.68. The summed E-state index contributed by atoms with van der Waals surface area (Å²) in [4.78, 5) is 15.4. The molecule has 0 fully saturated rings. The van der Waals surface area contributed by atoms with E-state index in [1.807, 2.05) is 24.3 Å². The number of para-hydroxylation sites is 1. The number of nitrogens with one attached hydrogen (secondary N) is 2. The molecule has 2 N–H and O–H groups in total. The largest absolute Gasteiger partial charge is 0.468 e. The molecule has 0 amide bonds. The van der Waals surface area contributed by atoms with Gasteiger partial charge in [-0.05, 0) is 29.3 Å². The van der Waals surface area contributed by atoms with Crippen molar-refractivity contribution in [3.63, 3.8) is 0 Å². The summed E-state index contributed by atoms with van der Waals surface area (Å²) in [6.07, 6.45) is 0.445. The number of fused-ring (bicyclic) bond motifs is 3. The van der Waals surface area contributed by atoms with Crippen molar-refractivity contribution in [2.45, 2.75) is 18.5 Å². The fraction of sp³-hybridized carbons (Fsp3) is 0.211. The summed E-state index contributed by atoms with van der Waals surface area (Å²) in [7, 11) is 1.33. The van der Waals surface area contributed by atoms with Gasteiger partial charge in [0.15, 0.2) is 0 Å². The zero-order valence-electron chi connectivity index (χ0n) is 13.5. The Morgan fingerprint density at radius 2 is 1.88 bits per heavy atom. The summed E-state index contributed by atoms with van der Waals surface area (Å²) >= 11 is 0. The third-order valence-corrected chi connectivity index (χ3v) is 4.62. The van der Waals surface area contributed by atoms with Crippen molar-refractivity contribution in [2.75, 3.05) is 7.11 Å². The lowest BCUT2D eigenvalue weighted by molar-refractivity contribution is -0.143. The molecule has 128 valence electrons. The molecule has 6 heteroatoms. The van der Waals surface area contributed by atoms with Gasteiger partial charge in [-0.15, -0.1) is 0 Å². The maximum atomic E-state index is 13.7. The SMILES string of the molecule is COC(=O)[C@H]1Cc2c([nH]c3ccccc23)[C@@H](c2cc(F)cc(F)c2)N1. The fourth-order valence-electron chi connectivity index (χ4n) is 3.53. The molecule has 2 aromatic carbocycles. The molecule has 0 radical (unpaired) electrons. The van der Waals surface area contributed by atoms with E-state index in [4.69, 9.17) is 4.74 Å². The molecule has 4 nitrogen and oxygen atoms in total. The smallest absolute Gasteiger partial charge is 0.323 e. The second kappa shape index (κ2) is 5.97. The highest BCUT2D eigenvalue weighted by atomic mass is 19.1. The number of hydrogen-bond acceptors (Lipinski definition) is 3. The van der Waals surface area contributed by atoms with Gasteiger partial charge in [0, 0.05) is 29.1 Å². The van der Waals surface area contributed by atoms with Gasteiger partial charge in [-0.25, -0.2) is 8.78 Å². The van der Waals surface area contributed by atoms with Crippen LogP contribution in [0.2, 0.25) is 0 Å². The van der Waals surface area contributed by atoms with Crippen LogP contribution in [0.4, 0.5) is 8.78 Å². The Morgan fingerprint density at radius 3 is 2.60 bits per heavy atom. The lowest BCUT2D eigenvalue weighted by Gasteiger charge is -2.30. The standard InChI is InChI=1S/C19H16F2N2O2/c1-25-19(24)16-9-14-13-4-2-3-5-15(13)22-18(14)17(23-16)10-6-11(20)8-12(21)7-10/h2-8,16-17,22-23H,9H2,1H3/t16-,17-/m1/s1. The number of H-pyrrole nitrogens is 1. The van der Waals surface area contributed by atoms with Crippen molar-refractivity contribution in [3.05, 3.63) is 70.9 Å². The molecule has 1 aromatic heterocycles. The Balaban J connectivity index is 1.90. The summed E-state index contributed by atoms with van der Waals surface area (Å²) in [5, 5.41) is 4.15. The quantitative estimate of drug-likeness (QED) is 0.703. The second-order valence-electron chi connectivity index (χ2n) is 6.15. The van der Waals surface area contributed by atoms with Crippen molar-refractivity contribution in [1.82, 2.24) is 10.3 Å². The van der Waals surface area contributed by atoms with Crippen molar-refractivity contribution in [3.8, 4) is 0 Å². The van der Waals surface area contributed by atoms with Crippen LogP contribution in [-0.4, -0.2) is 24.1 Å². The summed E-state index contributed by atoms with van der Waals surface area (Å²) in [5.41, 5.74) is 3.10. The van der Waals surface area contributed by atoms with Crippen LogP contribution >= 0.6 is 0 Å². The molecule has 25 heavy (non-hydrogen) atoms. The number of aromatic amines is 1. The number of rotatable bonds is 2. The van der Waals surface area contributed by atoms with E-state index in [2.05, 4.69) is 10.3 Å². The number of halogens is 2. The van der Waals surface area contributed by atoms with E-state index in [0.717, 1.165) is 28.2 Å². The Hall–Kier alpha value is -2.73. The number of ether oxygens (including phenoxy) is 1. The van der Waals surface area contributed by atoms with Crippen molar-refractivity contribution < 1.29 is 18.3 Å². The number of esters is 1. The third-order valence-electron chi connectivity index (χ3n) is 4.62. The highest BCUT2D eigenvalue weighted by Gasteiger charge is 2.34. The van der Waals surface area contributed by atoms with Gasteiger partial charge in [-0.3, -0.25) is 10.1 Å². The first-order valence-corrected chi connectivity index (χ1v) is 7.96. The number of hydrogen-bond donors (Lipinski definition) is 2. The topological polar surface area (TPSA) is 54.1 Å². The zero-order valence-corrected chi connectivity index (χ0v) is 13.5. The van der Waals surface area contributed by atoms with Gasteiger partial charge in [-0.1, -0.05) is 18.2 Å². The van der Waals surface area contributed by atoms with E-state index < -0.39 is 29.7 Å². The molecule has 0 saturated heterocycles. The molecular weight excluding hydrogens is 326 g/mol. The van der Waals surface area contributed by atoms with E-state index in [1.165, 1.54) is 19.2 Å². The highest BCUT2D eigenvalue weighted by Crippen LogP contribution is 2.35. The maximum absolute atomic E-state index is 13.7. The van der Waals surface area contributed by atoms with Crippen LogP contribution in [-0.2, 0) is 16.0 Å². The number of aromatic nitrogens is 1. The lowest BCUT2D eigenvalue weighted by atomic mass is 9.90. The predicted molar refractivity (Wildman–Crippen MR) is 89.1 cm³/mol. The first kappa shape index (κ1) is 15.8. The van der Waals surface area contributed by atoms with E-state index in [9.17, 15) is 13.6 Å². The molecule has 4 rings (SSSR count). The number of methoxy groups -OCH3 is 1. The first-order valence-electron chi connectivity index (χ1n) is 7.96. The van der Waals surface area contributed by atoms with E-state index >= 15 is 0 Å². The van der Waals surface area contributed by atoms with Crippen LogP contribution in [0.5, 0.6) is 0 Å². The van der Waals surface area contributed by atoms with Crippen LogP contribution < -0.4 is 5.32 Å². The Morgan fingerprint density at radius 1 is 1.16 bits per heavy atom. The number of carbonyl (C=O) groups is 1. The van der Waals surface area contributed by atoms with Crippen LogP contribution in [0.3, 0.4) is 0 Å². The normalized spacial score (nSPS) is 19.6. The monoisotopic (exact) mass is 342 g/mol. The average Bonchev–Trinajstić information content (AvgIpc) is 2.98. The maximum Gasteiger partial charge on any atom is 0.323 e. The summed E-state index contributed by atoms with van der Waals surface area (Å²) in [6, 6.07) is 9.98. The minimum Gasteiger partial charge on any atom is -0.468 e. The van der Waals surface area contributed by atoms with Gasteiger partial charge in [0.1, 0.15) is 17.7 Å². The number of carbonyl (C=O) groups excluding carboxylic acids is 1. The molecular formula is C19H16F2N2O2. The molecule has 2 atom stereocenters. The van der Waals surface area contributed by atoms with E-state index in [0.29, 0.717) is 12.0 Å². The molecule has 0 saturated carbocycles. The molecule has 0 bridgehead atoms. The second-order valence-corrected chi connectivity index (χ2v) is 6.15. The van der Waals surface area contributed by atoms with Crippen LogP contribution in [0.1, 0.15) is 22.9 Å². The van der Waals surface area contributed by atoms with Crippen LogP contribution in [0.25, 0.3) is 10.9 Å². The Bertz CT molecular complexity index is 947. The average molecular weight is 342 g/mol. The van der Waals surface area contributed by atoms with E-state index in [-0.39, 0.29) is 0 Å². The fourth-order valence-corrected chi connectivity index (χ4v) is 3.53. The van der Waals surface area contributed by atoms with E-state index in [1.54, 1.807) is 0 Å². The van der Waals surface area contributed by atoms with Gasteiger partial charge in [-0.2, -0.15) is 0 Å². The minimum atomic E-state index is -0.658. The molecule has 0 aliphatic carbocycles. The molecule has 2 heterocycles. The summed E-state index contributed by atoms with van der Waals surface area (Å²) in [5.74, 6) is -1.72. The molecule has 3 aromatic rings. The van der Waals surface area contributed by atoms with Crippen molar-refractivity contribution >= 4 is 16.9 Å². The minimum absolute atomic E-state index is 0.405. The molecule has 1 aliphatic heterocycles. The molecule has 1 aliphatic rings. The lowest BCUT2D eigenvalue weighted by Crippen LogP contribution is -2.45. The summed E-state index contributed by atoms with van der Waals surface area (Å²) < 4.78 is 32.3. The summed E-state index contributed by atoms with van der Waals surface area (Å²) in [6.45, 7) is 0. The predicted octanol–water partition coefficient (Wildman–Crippen LogP) is 3.22. The van der Waals surface area contributed by atoms with Gasteiger partial charge in [0.2, 0.25) is 0 Å². The van der Waals surface area contributed by atoms with Gasteiger partial charge >= 0.3 is 5.97 Å². The van der Waals surface area contributed by atoms with Gasteiger partial charge < -0.3 is 9.72 Å². The Labute approximate surface area is 142 Å². The van der Waals surface area contributed by atoms with Crippen molar-refractivity contribution in [1.29, 1.82) is 0 Å². The van der Waals surface area contributed by atoms with Crippen LogP contribution in [0.15, 0.2) is 42.5 Å². The zero-order chi connectivity index (χ0) is 17.6. The number of benzene rings is 2. The van der Waals surface area contributed by atoms with Crippen LogP contribution in [0, 0.1) is 11.6 Å². The highest BCUT2D eigenvalue weighted by molar-refractivity contribution is 5.87. The molecule has 0 spiro atoms. The molecule has 0 unspecified atom stereocenters. The van der Waals surface area contributed by atoms with Gasteiger partial charge in [0.05, 0.1) is 13.2 Å². The first-order chi connectivity index (χ1) is 12.1. The van der Waals surface area contributed by atoms with Crippen molar-refractivity contribution in [2.24, 2.45) is 0 Å². The Kier molecular flexibility index (Phi) is 3.77. The van der Waals surface area contributed by atoms with Gasteiger partial charge in [0.25, 0.3) is 0 Å².